The highest BCUT2D eigenvalue weighted by atomic mass is 19.1. The molecule has 4 fully saturated rings. The minimum atomic E-state index is -2.27. The van der Waals surface area contributed by atoms with Crippen LogP contribution >= 0.6 is 0 Å². The zero-order chi connectivity index (χ0) is 25.8. The second-order valence-electron chi connectivity index (χ2n) is 11.6. The highest BCUT2D eigenvalue weighted by molar-refractivity contribution is 6.01. The number of carbonyl (C=O) groups is 3. The van der Waals surface area contributed by atoms with Crippen molar-refractivity contribution in [3.05, 3.63) is 23.8 Å². The molecule has 9 atom stereocenters. The molecule has 5 rings (SSSR count). The number of rotatable bonds is 3. The summed E-state index contributed by atoms with van der Waals surface area (Å²) in [6, 6.07) is 0. The molecule has 0 bridgehead atoms. The Bertz CT molecular complexity index is 1070. The number of aliphatic hydroxyl groups excluding tert-OH is 1. The number of halogens is 2. The van der Waals surface area contributed by atoms with Crippen LogP contribution in [-0.2, 0) is 28.6 Å². The Morgan fingerprint density at radius 2 is 1.89 bits per heavy atom. The van der Waals surface area contributed by atoms with Crippen molar-refractivity contribution in [2.24, 2.45) is 22.7 Å². The van der Waals surface area contributed by atoms with Gasteiger partial charge >= 0.3 is 5.97 Å². The molecule has 1 saturated heterocycles. The summed E-state index contributed by atoms with van der Waals surface area (Å²) in [7, 11) is 0. The zero-order valence-corrected chi connectivity index (χ0v) is 20.6. The lowest BCUT2D eigenvalue weighted by Gasteiger charge is -2.63. The first-order valence-electron chi connectivity index (χ1n) is 12.1. The Balaban J connectivity index is 1.62. The number of esters is 1. The predicted molar refractivity (Wildman–Crippen MR) is 118 cm³/mol. The smallest absolute Gasteiger partial charge is 0.303 e. The lowest BCUT2D eigenvalue weighted by Crippen LogP contribution is -2.71. The maximum Gasteiger partial charge on any atom is 0.303 e. The van der Waals surface area contributed by atoms with E-state index >= 15 is 8.78 Å². The van der Waals surface area contributed by atoms with Gasteiger partial charge in [0.15, 0.2) is 29.4 Å². The first kappa shape index (κ1) is 24.7. The monoisotopic (exact) mass is 494 g/mol. The minimum Gasteiger partial charge on any atom is -0.458 e. The molecule has 0 aromatic heterocycles. The second-order valence-corrected chi connectivity index (χ2v) is 11.6. The summed E-state index contributed by atoms with van der Waals surface area (Å²) in [6.45, 7) is 7.28. The Kier molecular flexibility index (Phi) is 5.15. The second kappa shape index (κ2) is 7.29. The summed E-state index contributed by atoms with van der Waals surface area (Å²) < 4.78 is 50.3. The Morgan fingerprint density at radius 3 is 2.54 bits per heavy atom. The Labute approximate surface area is 202 Å². The van der Waals surface area contributed by atoms with Crippen LogP contribution in [0, 0.1) is 22.7 Å². The fourth-order valence-corrected chi connectivity index (χ4v) is 8.08. The zero-order valence-electron chi connectivity index (χ0n) is 20.6. The molecule has 7 nitrogen and oxygen atoms in total. The quantitative estimate of drug-likeness (QED) is 0.603. The van der Waals surface area contributed by atoms with Crippen molar-refractivity contribution in [2.45, 2.75) is 89.3 Å². The maximum absolute atomic E-state index is 17.3. The molecule has 1 heterocycles. The van der Waals surface area contributed by atoms with Crippen LogP contribution in [0.5, 0.6) is 0 Å². The van der Waals surface area contributed by atoms with Crippen molar-refractivity contribution >= 4 is 17.5 Å². The Hall–Kier alpha value is -1.97. The average molecular weight is 495 g/mol. The van der Waals surface area contributed by atoms with Crippen molar-refractivity contribution in [2.75, 3.05) is 6.61 Å². The van der Waals surface area contributed by atoms with E-state index in [-0.39, 0.29) is 24.8 Å². The van der Waals surface area contributed by atoms with Gasteiger partial charge in [-0.1, -0.05) is 13.0 Å². The molecule has 9 heteroatoms. The van der Waals surface area contributed by atoms with E-state index in [9.17, 15) is 19.5 Å². The lowest BCUT2D eigenvalue weighted by atomic mass is 9.44. The van der Waals surface area contributed by atoms with Gasteiger partial charge in [0.1, 0.15) is 6.17 Å². The van der Waals surface area contributed by atoms with Crippen LogP contribution in [0.1, 0.15) is 53.9 Å². The van der Waals surface area contributed by atoms with Gasteiger partial charge in [-0.05, 0) is 63.7 Å². The molecule has 4 aliphatic carbocycles. The molecule has 0 amide bonds. The predicted octanol–water partition coefficient (Wildman–Crippen LogP) is 2.94. The third-order valence-electron chi connectivity index (χ3n) is 9.44. The first-order chi connectivity index (χ1) is 16.1. The van der Waals surface area contributed by atoms with Gasteiger partial charge in [0, 0.05) is 23.7 Å². The number of alkyl halides is 2. The van der Waals surface area contributed by atoms with E-state index in [0.717, 1.165) is 6.08 Å². The van der Waals surface area contributed by atoms with E-state index in [0.29, 0.717) is 0 Å². The molecule has 0 unspecified atom stereocenters. The molecule has 1 N–H and O–H groups in total. The molecule has 3 saturated carbocycles. The van der Waals surface area contributed by atoms with Crippen molar-refractivity contribution < 1.29 is 42.5 Å². The van der Waals surface area contributed by atoms with Gasteiger partial charge in [0.25, 0.3) is 0 Å². The largest absolute Gasteiger partial charge is 0.458 e. The molecule has 0 spiro atoms. The number of allylic oxidation sites excluding steroid dienone is 4. The summed E-state index contributed by atoms with van der Waals surface area (Å²) in [5.41, 5.74) is -6.46. The van der Waals surface area contributed by atoms with Crippen LogP contribution in [0.15, 0.2) is 23.8 Å². The minimum absolute atomic E-state index is 0.0406. The van der Waals surface area contributed by atoms with Crippen molar-refractivity contribution in [1.82, 2.24) is 0 Å². The number of ketones is 2. The SMILES string of the molecule is CC(=O)OCC(=O)[C@]12OC(C)(C)O[C@@H]1C[C@@H]1[C@@H]3C[C@@H](F)C4=CC(=O)C=C[C@]4(C)[C@@]3(F)[C@H](O)C[C@]12C. The van der Waals surface area contributed by atoms with Gasteiger partial charge < -0.3 is 19.3 Å². The third kappa shape index (κ3) is 2.95. The van der Waals surface area contributed by atoms with Crippen LogP contribution in [0.4, 0.5) is 8.78 Å². The summed E-state index contributed by atoms with van der Waals surface area (Å²) in [5, 5.41) is 11.5. The van der Waals surface area contributed by atoms with Gasteiger partial charge in [0.2, 0.25) is 5.78 Å². The fourth-order valence-electron chi connectivity index (χ4n) is 8.08. The van der Waals surface area contributed by atoms with Gasteiger partial charge in [0.05, 0.1) is 12.2 Å². The molecule has 0 radical (unpaired) electrons. The van der Waals surface area contributed by atoms with Gasteiger partial charge in [-0.2, -0.15) is 0 Å². The molecule has 5 aliphatic rings. The van der Waals surface area contributed by atoms with Crippen LogP contribution in [-0.4, -0.2) is 64.7 Å². The fraction of sp³-hybridized carbons (Fsp3) is 0.731. The number of hydrogen-bond donors (Lipinski definition) is 1. The summed E-state index contributed by atoms with van der Waals surface area (Å²) >= 11 is 0. The Morgan fingerprint density at radius 1 is 1.20 bits per heavy atom. The van der Waals surface area contributed by atoms with E-state index in [1.807, 2.05) is 0 Å². The topological polar surface area (TPSA) is 99.1 Å². The van der Waals surface area contributed by atoms with Crippen molar-refractivity contribution in [3.8, 4) is 0 Å². The summed E-state index contributed by atoms with van der Waals surface area (Å²) in [4.78, 5) is 37.1. The highest BCUT2D eigenvalue weighted by Crippen LogP contribution is 2.72. The molecular formula is C26H32F2O7. The van der Waals surface area contributed by atoms with E-state index in [1.165, 1.54) is 26.0 Å². The van der Waals surface area contributed by atoms with Crippen molar-refractivity contribution in [1.29, 1.82) is 0 Å². The lowest BCUT2D eigenvalue weighted by molar-refractivity contribution is -0.249. The van der Waals surface area contributed by atoms with Gasteiger partial charge in [-0.15, -0.1) is 0 Å². The number of carbonyl (C=O) groups excluding carboxylic acids is 3. The maximum atomic E-state index is 17.3. The van der Waals surface area contributed by atoms with E-state index in [4.69, 9.17) is 14.2 Å². The van der Waals surface area contributed by atoms with Crippen LogP contribution < -0.4 is 0 Å². The van der Waals surface area contributed by atoms with Gasteiger partial charge in [-0.3, -0.25) is 14.4 Å². The highest BCUT2D eigenvalue weighted by Gasteiger charge is 2.80. The van der Waals surface area contributed by atoms with Gasteiger partial charge in [-0.25, -0.2) is 8.78 Å². The van der Waals surface area contributed by atoms with Crippen molar-refractivity contribution in [3.63, 3.8) is 0 Å². The molecule has 192 valence electrons. The normalized spacial score (nSPS) is 49.4. The van der Waals surface area contributed by atoms with Crippen LogP contribution in [0.3, 0.4) is 0 Å². The molecular weight excluding hydrogens is 462 g/mol. The molecule has 0 aromatic carbocycles. The third-order valence-corrected chi connectivity index (χ3v) is 9.44. The van der Waals surface area contributed by atoms with E-state index in [2.05, 4.69) is 0 Å². The summed E-state index contributed by atoms with van der Waals surface area (Å²) in [6.07, 6.45) is -0.345. The number of ether oxygens (including phenoxy) is 3. The standard InChI is InChI=1S/C26H32F2O7/c1-13(29)33-12-20(32)26-21(34-22(2,3)35-26)10-15-16-9-18(27)17-8-14(30)6-7-23(17,4)25(16,28)19(31)11-24(15,26)5/h6-8,15-16,18-19,21,31H,9-12H2,1-5H3/t15-,16+,18-,19-,21-,23+,24-,25+,26+/m1/s1. The van der Waals surface area contributed by atoms with E-state index in [1.54, 1.807) is 20.8 Å². The van der Waals surface area contributed by atoms with E-state index < -0.39 is 82.2 Å². The molecule has 1 aliphatic heterocycles. The number of aliphatic hydroxyl groups is 1. The summed E-state index contributed by atoms with van der Waals surface area (Å²) in [5.74, 6) is -4.23. The van der Waals surface area contributed by atoms with Crippen LogP contribution in [0.25, 0.3) is 0 Å². The average Bonchev–Trinajstić information content (AvgIpc) is 3.16. The number of Topliss-reactive ketones (excluding diaryl/α,β-unsaturated/α-hetero) is 1. The molecule has 0 aromatic rings. The number of hydrogen-bond acceptors (Lipinski definition) is 7. The van der Waals surface area contributed by atoms with Crippen LogP contribution in [0.2, 0.25) is 0 Å². The molecule has 35 heavy (non-hydrogen) atoms. The first-order valence-corrected chi connectivity index (χ1v) is 12.1. The number of fused-ring (bicyclic) bond motifs is 7.